The largest absolute Gasteiger partial charge is 0.208 e. The van der Waals surface area contributed by atoms with E-state index >= 15 is 0 Å². The van der Waals surface area contributed by atoms with Crippen molar-refractivity contribution in [2.24, 2.45) is 0 Å². The standard InChI is InChI=1S/C48H35N3/c1-48(2)43-31-37(32-15-6-3-7-16-32)27-28-41(43)42-26-14-25-40(44(42)48)38-23-12-21-35(29-38)36-22-13-24-39(30-36)47-50-45(33-17-8-4-9-18-33)49-46(51-47)34-19-10-5-11-20-34/h3-31H,1-2H3. The number of benzene rings is 7. The zero-order chi connectivity index (χ0) is 34.4. The first-order valence-electron chi connectivity index (χ1n) is 17.4. The van der Waals surface area contributed by atoms with E-state index in [4.69, 9.17) is 15.0 Å². The first kappa shape index (κ1) is 30.6. The average Bonchev–Trinajstić information content (AvgIpc) is 3.44. The van der Waals surface area contributed by atoms with Crippen LogP contribution >= 0.6 is 0 Å². The van der Waals surface area contributed by atoms with E-state index in [-0.39, 0.29) is 5.41 Å². The maximum Gasteiger partial charge on any atom is 0.164 e. The van der Waals surface area contributed by atoms with Crippen LogP contribution < -0.4 is 0 Å². The quantitative estimate of drug-likeness (QED) is 0.179. The SMILES string of the molecule is CC1(C)c2cc(-c3ccccc3)ccc2-c2cccc(-c3cccc(-c4cccc(-c5nc(-c6ccccc6)nc(-c6ccccc6)n5)c4)c3)c21. The topological polar surface area (TPSA) is 38.7 Å². The van der Waals surface area contributed by atoms with Gasteiger partial charge in [-0.05, 0) is 73.8 Å². The molecule has 0 fully saturated rings. The van der Waals surface area contributed by atoms with Gasteiger partial charge in [-0.2, -0.15) is 0 Å². The molecule has 3 heteroatoms. The van der Waals surface area contributed by atoms with Crippen molar-refractivity contribution in [3.63, 3.8) is 0 Å². The van der Waals surface area contributed by atoms with Crippen molar-refractivity contribution >= 4 is 0 Å². The third-order valence-corrected chi connectivity index (χ3v) is 10.1. The van der Waals surface area contributed by atoms with Crippen LogP contribution in [0.2, 0.25) is 0 Å². The van der Waals surface area contributed by atoms with Crippen LogP contribution in [0.1, 0.15) is 25.0 Å². The number of rotatable bonds is 6. The molecule has 0 bridgehead atoms. The molecule has 51 heavy (non-hydrogen) atoms. The second-order valence-electron chi connectivity index (χ2n) is 13.7. The summed E-state index contributed by atoms with van der Waals surface area (Å²) in [5.74, 6) is 1.96. The highest BCUT2D eigenvalue weighted by molar-refractivity contribution is 5.90. The summed E-state index contributed by atoms with van der Waals surface area (Å²) in [6, 6.07) is 62.1. The van der Waals surface area contributed by atoms with Crippen LogP contribution in [0.5, 0.6) is 0 Å². The molecule has 0 unspecified atom stereocenters. The molecule has 0 radical (unpaired) electrons. The van der Waals surface area contributed by atoms with Gasteiger partial charge in [0.05, 0.1) is 0 Å². The minimum Gasteiger partial charge on any atom is -0.208 e. The fourth-order valence-electron chi connectivity index (χ4n) is 7.57. The Bertz CT molecular complexity index is 2480. The van der Waals surface area contributed by atoms with Crippen molar-refractivity contribution in [3.05, 3.63) is 187 Å². The Kier molecular flexibility index (Phi) is 7.48. The maximum atomic E-state index is 4.98. The maximum absolute atomic E-state index is 4.98. The van der Waals surface area contributed by atoms with Crippen molar-refractivity contribution < 1.29 is 0 Å². The Hall–Kier alpha value is -6.45. The lowest BCUT2D eigenvalue weighted by molar-refractivity contribution is 0.662. The number of hydrogen-bond donors (Lipinski definition) is 0. The second kappa shape index (κ2) is 12.5. The highest BCUT2D eigenvalue weighted by atomic mass is 15.0. The van der Waals surface area contributed by atoms with Crippen molar-refractivity contribution in [1.82, 2.24) is 15.0 Å². The number of nitrogens with zero attached hydrogens (tertiary/aromatic N) is 3. The van der Waals surface area contributed by atoms with Gasteiger partial charge in [0.25, 0.3) is 0 Å². The summed E-state index contributed by atoms with van der Waals surface area (Å²) in [5.41, 5.74) is 15.3. The van der Waals surface area contributed by atoms with E-state index in [0.29, 0.717) is 17.5 Å². The lowest BCUT2D eigenvalue weighted by Crippen LogP contribution is -2.16. The van der Waals surface area contributed by atoms with Gasteiger partial charge in [-0.15, -0.1) is 0 Å². The lowest BCUT2D eigenvalue weighted by atomic mass is 9.78. The van der Waals surface area contributed by atoms with Crippen LogP contribution in [-0.4, -0.2) is 15.0 Å². The molecule has 1 aliphatic carbocycles. The minimum atomic E-state index is -0.159. The lowest BCUT2D eigenvalue weighted by Gasteiger charge is -2.25. The summed E-state index contributed by atoms with van der Waals surface area (Å²) in [6.45, 7) is 4.73. The fourth-order valence-corrected chi connectivity index (χ4v) is 7.57. The van der Waals surface area contributed by atoms with Gasteiger partial charge in [-0.1, -0.05) is 172 Å². The van der Waals surface area contributed by atoms with Gasteiger partial charge in [0.1, 0.15) is 0 Å². The normalized spacial score (nSPS) is 12.7. The summed E-state index contributed by atoms with van der Waals surface area (Å²) in [6.07, 6.45) is 0. The molecule has 0 spiro atoms. The third kappa shape index (κ3) is 5.53. The molecule has 8 aromatic rings. The number of aromatic nitrogens is 3. The van der Waals surface area contributed by atoms with Crippen molar-refractivity contribution in [3.8, 4) is 78.7 Å². The molecule has 0 atom stereocenters. The van der Waals surface area contributed by atoms with Crippen molar-refractivity contribution in [2.75, 3.05) is 0 Å². The molecule has 1 aromatic heterocycles. The van der Waals surface area contributed by atoms with Crippen LogP contribution in [0, 0.1) is 0 Å². The van der Waals surface area contributed by atoms with Crippen LogP contribution in [0.3, 0.4) is 0 Å². The highest BCUT2D eigenvalue weighted by Gasteiger charge is 2.37. The van der Waals surface area contributed by atoms with Gasteiger partial charge in [0.2, 0.25) is 0 Å². The van der Waals surface area contributed by atoms with Crippen LogP contribution in [0.4, 0.5) is 0 Å². The van der Waals surface area contributed by atoms with Crippen LogP contribution in [0.15, 0.2) is 176 Å². The fraction of sp³-hybridized carbons (Fsp3) is 0.0625. The van der Waals surface area contributed by atoms with Gasteiger partial charge in [-0.3, -0.25) is 0 Å². The van der Waals surface area contributed by atoms with Gasteiger partial charge >= 0.3 is 0 Å². The highest BCUT2D eigenvalue weighted by Crippen LogP contribution is 2.53. The summed E-state index contributed by atoms with van der Waals surface area (Å²) < 4.78 is 0. The molecule has 3 nitrogen and oxygen atoms in total. The van der Waals surface area contributed by atoms with Crippen LogP contribution in [-0.2, 0) is 5.41 Å². The molecule has 242 valence electrons. The van der Waals surface area contributed by atoms with E-state index in [1.807, 2.05) is 60.7 Å². The predicted octanol–water partition coefficient (Wildman–Crippen LogP) is 12.2. The van der Waals surface area contributed by atoms with E-state index in [1.165, 1.54) is 44.5 Å². The molecule has 0 N–H and O–H groups in total. The first-order chi connectivity index (χ1) is 25.0. The van der Waals surface area contributed by atoms with Gasteiger partial charge in [0, 0.05) is 22.1 Å². The molecule has 9 rings (SSSR count). The van der Waals surface area contributed by atoms with Crippen molar-refractivity contribution in [2.45, 2.75) is 19.3 Å². The molecule has 0 saturated carbocycles. The van der Waals surface area contributed by atoms with E-state index < -0.39 is 0 Å². The minimum absolute atomic E-state index is 0.159. The van der Waals surface area contributed by atoms with E-state index in [1.54, 1.807) is 0 Å². The van der Waals surface area contributed by atoms with Gasteiger partial charge < -0.3 is 0 Å². The second-order valence-corrected chi connectivity index (χ2v) is 13.7. The third-order valence-electron chi connectivity index (χ3n) is 10.1. The smallest absolute Gasteiger partial charge is 0.164 e. The number of fused-ring (bicyclic) bond motifs is 3. The van der Waals surface area contributed by atoms with Gasteiger partial charge in [0.15, 0.2) is 17.5 Å². The van der Waals surface area contributed by atoms with E-state index in [2.05, 4.69) is 129 Å². The Morgan fingerprint density at radius 2 is 0.745 bits per heavy atom. The van der Waals surface area contributed by atoms with Crippen LogP contribution in [0.25, 0.3) is 78.7 Å². The summed E-state index contributed by atoms with van der Waals surface area (Å²) >= 11 is 0. The first-order valence-corrected chi connectivity index (χ1v) is 17.4. The number of hydrogen-bond acceptors (Lipinski definition) is 3. The summed E-state index contributed by atoms with van der Waals surface area (Å²) in [7, 11) is 0. The monoisotopic (exact) mass is 653 g/mol. The summed E-state index contributed by atoms with van der Waals surface area (Å²) in [4.78, 5) is 14.8. The average molecular weight is 654 g/mol. The molecule has 0 saturated heterocycles. The van der Waals surface area contributed by atoms with Gasteiger partial charge in [-0.25, -0.2) is 15.0 Å². The zero-order valence-electron chi connectivity index (χ0n) is 28.6. The Morgan fingerprint density at radius 1 is 0.314 bits per heavy atom. The molecule has 7 aromatic carbocycles. The molecule has 1 heterocycles. The van der Waals surface area contributed by atoms with Crippen molar-refractivity contribution in [1.29, 1.82) is 0 Å². The van der Waals surface area contributed by atoms with E-state index in [9.17, 15) is 0 Å². The Morgan fingerprint density at radius 3 is 1.35 bits per heavy atom. The summed E-state index contributed by atoms with van der Waals surface area (Å²) in [5, 5.41) is 0. The van der Waals surface area contributed by atoms with E-state index in [0.717, 1.165) is 27.8 Å². The molecule has 1 aliphatic rings. The molecular formula is C48H35N3. The molecule has 0 aliphatic heterocycles. The molecule has 0 amide bonds. The molecular weight excluding hydrogens is 619 g/mol. The Labute approximate surface area is 299 Å². The zero-order valence-corrected chi connectivity index (χ0v) is 28.6. The predicted molar refractivity (Wildman–Crippen MR) is 210 cm³/mol. The Balaban J connectivity index is 1.11.